The summed E-state index contributed by atoms with van der Waals surface area (Å²) in [4.78, 5) is 14.1. The number of carbonyl (C=O) groups excluding carboxylic acids is 1. The summed E-state index contributed by atoms with van der Waals surface area (Å²) in [6, 6.07) is 24.2. The SMILES string of the molecule is CC(C)(C)OC(=O)N1C[C@@H](Nc2nnc(-c3ccc(C(F)(F)F)cc3)c3ccccc23)C[C@H]1CO.Cl.OC[C@@H]1C[C@H](Nc2nnc(-c3ccc(C(F)(F)F)cc3)c3ccccc23)CN1. The zero-order valence-electron chi connectivity index (χ0n) is 34.9. The average molecular weight is 913 g/mol. The van der Waals surface area contributed by atoms with Crippen LogP contribution in [0.4, 0.5) is 42.8 Å². The highest BCUT2D eigenvalue weighted by atomic mass is 35.5. The Morgan fingerprint density at radius 2 is 1.12 bits per heavy atom. The number of nitrogens with zero attached hydrogens (tertiary/aromatic N) is 5. The van der Waals surface area contributed by atoms with Crippen LogP contribution in [0.3, 0.4) is 0 Å². The molecule has 2 aliphatic heterocycles. The van der Waals surface area contributed by atoms with Crippen LogP contribution in [0, 0.1) is 0 Å². The second-order valence-corrected chi connectivity index (χ2v) is 16.4. The molecular weight excluding hydrogens is 866 g/mol. The van der Waals surface area contributed by atoms with Gasteiger partial charge in [-0.3, -0.25) is 0 Å². The molecule has 4 heterocycles. The minimum atomic E-state index is -4.42. The zero-order valence-corrected chi connectivity index (χ0v) is 35.7. The summed E-state index contributed by atoms with van der Waals surface area (Å²) in [5.74, 6) is 1.11. The van der Waals surface area contributed by atoms with Crippen molar-refractivity contribution in [1.29, 1.82) is 0 Å². The van der Waals surface area contributed by atoms with E-state index < -0.39 is 41.2 Å². The van der Waals surface area contributed by atoms with Gasteiger partial charge in [0.1, 0.15) is 17.0 Å². The first-order chi connectivity index (χ1) is 29.9. The van der Waals surface area contributed by atoms with Crippen LogP contribution in [0.15, 0.2) is 97.1 Å². The van der Waals surface area contributed by atoms with Gasteiger partial charge in [-0.15, -0.1) is 32.8 Å². The maximum absolute atomic E-state index is 12.9. The molecule has 0 radical (unpaired) electrons. The van der Waals surface area contributed by atoms with Crippen LogP contribution in [-0.2, 0) is 17.1 Å². The Kier molecular flexibility index (Phi) is 14.5. The van der Waals surface area contributed by atoms with E-state index in [1.54, 1.807) is 20.8 Å². The number of hydrogen-bond acceptors (Lipinski definition) is 11. The first kappa shape index (κ1) is 47.7. The Morgan fingerprint density at radius 1 is 0.672 bits per heavy atom. The van der Waals surface area contributed by atoms with Crippen molar-refractivity contribution >= 4 is 51.7 Å². The molecule has 4 atom stereocenters. The lowest BCUT2D eigenvalue weighted by molar-refractivity contribution is -0.138. The van der Waals surface area contributed by atoms with E-state index in [4.69, 9.17) is 4.74 Å². The number of likely N-dealkylation sites (tertiary alicyclic amines) is 1. The number of amides is 1. The molecule has 2 fully saturated rings. The highest BCUT2D eigenvalue weighted by molar-refractivity contribution is 6.01. The molecule has 2 aliphatic rings. The lowest BCUT2D eigenvalue weighted by Crippen LogP contribution is -2.41. The Morgan fingerprint density at radius 3 is 1.53 bits per heavy atom. The van der Waals surface area contributed by atoms with E-state index in [0.29, 0.717) is 53.7 Å². The van der Waals surface area contributed by atoms with Gasteiger partial charge in [-0.1, -0.05) is 72.8 Å². The summed E-state index contributed by atoms with van der Waals surface area (Å²) < 4.78 is 82.8. The van der Waals surface area contributed by atoms with Gasteiger partial charge in [0.05, 0.1) is 30.4 Å². The molecule has 12 nitrogen and oxygen atoms in total. The smallest absolute Gasteiger partial charge is 0.416 e. The van der Waals surface area contributed by atoms with E-state index in [1.165, 1.54) is 29.2 Å². The second-order valence-electron chi connectivity index (χ2n) is 16.4. The number of anilines is 2. The number of rotatable bonds is 8. The lowest BCUT2D eigenvalue weighted by atomic mass is 10.0. The van der Waals surface area contributed by atoms with Crippen LogP contribution in [0.5, 0.6) is 0 Å². The molecule has 340 valence electrons. The summed E-state index contributed by atoms with van der Waals surface area (Å²) >= 11 is 0. The molecule has 5 N–H and O–H groups in total. The second kappa shape index (κ2) is 19.5. The van der Waals surface area contributed by atoms with Gasteiger partial charge in [0, 0.05) is 63.9 Å². The monoisotopic (exact) mass is 912 g/mol. The maximum atomic E-state index is 12.9. The summed E-state index contributed by atoms with van der Waals surface area (Å²) in [5.41, 5.74) is 0.0162. The third kappa shape index (κ3) is 11.1. The molecule has 0 aliphatic carbocycles. The van der Waals surface area contributed by atoms with Crippen molar-refractivity contribution in [1.82, 2.24) is 30.6 Å². The topological polar surface area (TPSA) is 158 Å². The number of aromatic nitrogens is 4. The number of ether oxygens (including phenoxy) is 1. The largest absolute Gasteiger partial charge is 0.444 e. The van der Waals surface area contributed by atoms with Gasteiger partial charge in [-0.2, -0.15) is 26.3 Å². The van der Waals surface area contributed by atoms with Crippen molar-refractivity contribution in [2.24, 2.45) is 0 Å². The van der Waals surface area contributed by atoms with Crippen LogP contribution in [0.1, 0.15) is 44.7 Å². The summed E-state index contributed by atoms with van der Waals surface area (Å²) in [6.07, 6.45) is -8.02. The van der Waals surface area contributed by atoms with Crippen molar-refractivity contribution in [3.63, 3.8) is 0 Å². The highest BCUT2D eigenvalue weighted by Gasteiger charge is 2.38. The quantitative estimate of drug-likeness (QED) is 0.0929. The summed E-state index contributed by atoms with van der Waals surface area (Å²) in [7, 11) is 0. The van der Waals surface area contributed by atoms with Gasteiger partial charge in [0.15, 0.2) is 11.6 Å². The van der Waals surface area contributed by atoms with Crippen molar-refractivity contribution in [3.8, 4) is 22.5 Å². The van der Waals surface area contributed by atoms with Crippen LogP contribution >= 0.6 is 12.4 Å². The van der Waals surface area contributed by atoms with E-state index >= 15 is 0 Å². The standard InChI is InChI=1S/C25H27F3N4O3.C20H19F3N4O.ClH/c1-24(2,3)35-23(34)32-13-17(12-18(32)14-33)29-22-20-7-5-4-6-19(20)21(30-31-22)15-8-10-16(11-9-15)25(26,27)28;21-20(22,23)13-7-5-12(6-8-13)18-16-3-1-2-4-17(16)19(27-26-18)25-14-9-15(11-28)24-10-14;/h4-11,17-18,33H,12-14H2,1-3H3,(H,29,31);1-8,14-15,24,28H,9-11H2,(H,25,27);1H/t17-,18-;14-,15-;/m00./s1. The lowest BCUT2D eigenvalue weighted by Gasteiger charge is -2.27. The van der Waals surface area contributed by atoms with Crippen LogP contribution in [0.2, 0.25) is 0 Å². The summed E-state index contributed by atoms with van der Waals surface area (Å²) in [6.45, 7) is 6.26. The average Bonchev–Trinajstić information content (AvgIpc) is 3.90. The molecule has 0 bridgehead atoms. The van der Waals surface area contributed by atoms with Crippen LogP contribution in [-0.4, -0.2) is 97.7 Å². The van der Waals surface area contributed by atoms with Crippen LogP contribution < -0.4 is 16.0 Å². The molecule has 8 rings (SSSR count). The number of fused-ring (bicyclic) bond motifs is 2. The number of halogens is 7. The van der Waals surface area contributed by atoms with Crippen molar-refractivity contribution in [2.75, 3.05) is 36.9 Å². The van der Waals surface area contributed by atoms with E-state index in [9.17, 15) is 41.4 Å². The van der Waals surface area contributed by atoms with Gasteiger partial charge in [-0.05, 0) is 57.9 Å². The van der Waals surface area contributed by atoms with E-state index in [0.717, 1.165) is 52.2 Å². The number of carbonyl (C=O) groups is 1. The normalized spacial score (nSPS) is 18.9. The molecule has 6 aromatic rings. The molecule has 0 saturated carbocycles. The molecule has 0 unspecified atom stereocenters. The number of nitrogens with one attached hydrogen (secondary N) is 3. The van der Waals surface area contributed by atoms with Crippen molar-refractivity contribution < 1.29 is 46.1 Å². The van der Waals surface area contributed by atoms with E-state index in [1.807, 2.05) is 48.5 Å². The Balaban J connectivity index is 0.000000214. The van der Waals surface area contributed by atoms with Crippen LogP contribution in [0.25, 0.3) is 44.1 Å². The van der Waals surface area contributed by atoms with E-state index in [2.05, 4.69) is 36.3 Å². The fourth-order valence-electron chi connectivity index (χ4n) is 7.67. The van der Waals surface area contributed by atoms with Gasteiger partial charge in [0.25, 0.3) is 0 Å². The molecular formula is C45H47ClF6N8O4. The Hall–Kier alpha value is -5.82. The van der Waals surface area contributed by atoms with Crippen molar-refractivity contribution in [2.45, 2.75) is 75.7 Å². The summed E-state index contributed by atoms with van der Waals surface area (Å²) in [5, 5.41) is 49.3. The van der Waals surface area contributed by atoms with E-state index in [-0.39, 0.29) is 43.7 Å². The Bertz CT molecular complexity index is 2540. The van der Waals surface area contributed by atoms with Gasteiger partial charge < -0.3 is 35.8 Å². The third-order valence-electron chi connectivity index (χ3n) is 10.7. The maximum Gasteiger partial charge on any atom is 0.416 e. The molecule has 0 spiro atoms. The minimum absolute atomic E-state index is 0. The van der Waals surface area contributed by atoms with Gasteiger partial charge in [0.2, 0.25) is 0 Å². The number of hydrogen-bond donors (Lipinski definition) is 5. The minimum Gasteiger partial charge on any atom is -0.444 e. The predicted molar refractivity (Wildman–Crippen MR) is 234 cm³/mol. The molecule has 2 saturated heterocycles. The molecule has 64 heavy (non-hydrogen) atoms. The first-order valence-corrected chi connectivity index (χ1v) is 20.3. The number of aliphatic hydroxyl groups excluding tert-OH is 2. The highest BCUT2D eigenvalue weighted by Crippen LogP contribution is 2.36. The Labute approximate surface area is 370 Å². The van der Waals surface area contributed by atoms with Gasteiger partial charge in [-0.25, -0.2) is 4.79 Å². The number of alkyl halides is 6. The van der Waals surface area contributed by atoms with Crippen molar-refractivity contribution in [3.05, 3.63) is 108 Å². The predicted octanol–water partition coefficient (Wildman–Crippen LogP) is 8.97. The molecule has 1 amide bonds. The molecule has 2 aromatic heterocycles. The zero-order chi connectivity index (χ0) is 45.1. The molecule has 4 aromatic carbocycles. The fraction of sp³-hybridized carbons (Fsp3) is 0.356. The first-order valence-electron chi connectivity index (χ1n) is 20.3. The number of benzene rings is 4. The molecule has 19 heteroatoms. The third-order valence-corrected chi connectivity index (χ3v) is 10.7. The van der Waals surface area contributed by atoms with Gasteiger partial charge >= 0.3 is 18.4 Å². The number of aliphatic hydroxyl groups is 2. The fourth-order valence-corrected chi connectivity index (χ4v) is 7.67.